The standard InChI is InChI=1S/C12H13BrIN3/c1-8(17-12(15)11(14)7-16-17)6-9-2-4-10(13)5-3-9/h2-5,7-8H,6,15H2,1H3. The summed E-state index contributed by atoms with van der Waals surface area (Å²) in [6.07, 6.45) is 2.73. The fraction of sp³-hybridized carbons (Fsp3) is 0.250. The van der Waals surface area contributed by atoms with E-state index >= 15 is 0 Å². The number of nitrogens with two attached hydrogens (primary N) is 1. The van der Waals surface area contributed by atoms with Gasteiger partial charge in [0.25, 0.3) is 0 Å². The number of nitrogen functional groups attached to an aromatic ring is 1. The van der Waals surface area contributed by atoms with Crippen LogP contribution in [-0.2, 0) is 6.42 Å². The third-order valence-electron chi connectivity index (χ3n) is 2.65. The van der Waals surface area contributed by atoms with Gasteiger partial charge in [0.05, 0.1) is 15.8 Å². The fourth-order valence-electron chi connectivity index (χ4n) is 1.75. The lowest BCUT2D eigenvalue weighted by Crippen LogP contribution is -2.12. The molecule has 2 N–H and O–H groups in total. The molecule has 2 aromatic rings. The van der Waals surface area contributed by atoms with Gasteiger partial charge in [0.2, 0.25) is 0 Å². The third kappa shape index (κ3) is 3.01. The third-order valence-corrected chi connectivity index (χ3v) is 4.01. The van der Waals surface area contributed by atoms with Gasteiger partial charge < -0.3 is 5.73 Å². The molecule has 1 aromatic carbocycles. The molecule has 5 heteroatoms. The zero-order chi connectivity index (χ0) is 12.4. The van der Waals surface area contributed by atoms with E-state index in [9.17, 15) is 0 Å². The highest BCUT2D eigenvalue weighted by Crippen LogP contribution is 2.21. The van der Waals surface area contributed by atoms with Crippen LogP contribution >= 0.6 is 38.5 Å². The Kier molecular flexibility index (Phi) is 4.09. The number of benzene rings is 1. The van der Waals surface area contributed by atoms with Gasteiger partial charge in [-0.25, -0.2) is 4.68 Å². The van der Waals surface area contributed by atoms with Crippen molar-refractivity contribution in [1.82, 2.24) is 9.78 Å². The van der Waals surface area contributed by atoms with Gasteiger partial charge in [-0.05, 0) is 53.6 Å². The number of rotatable bonds is 3. The van der Waals surface area contributed by atoms with Crippen LogP contribution in [0, 0.1) is 3.57 Å². The Hall–Kier alpha value is -0.560. The lowest BCUT2D eigenvalue weighted by molar-refractivity contribution is 0.496. The van der Waals surface area contributed by atoms with Crippen molar-refractivity contribution in [3.63, 3.8) is 0 Å². The van der Waals surface area contributed by atoms with Crippen molar-refractivity contribution in [1.29, 1.82) is 0 Å². The number of hydrogen-bond acceptors (Lipinski definition) is 2. The van der Waals surface area contributed by atoms with E-state index < -0.39 is 0 Å². The van der Waals surface area contributed by atoms with Crippen molar-refractivity contribution < 1.29 is 0 Å². The van der Waals surface area contributed by atoms with Crippen molar-refractivity contribution in [2.75, 3.05) is 5.73 Å². The highest BCUT2D eigenvalue weighted by Gasteiger charge is 2.11. The molecule has 1 heterocycles. The number of nitrogens with zero attached hydrogens (tertiary/aromatic N) is 2. The quantitative estimate of drug-likeness (QED) is 0.792. The number of anilines is 1. The normalized spacial score (nSPS) is 12.6. The van der Waals surface area contributed by atoms with Gasteiger partial charge in [-0.15, -0.1) is 0 Å². The summed E-state index contributed by atoms with van der Waals surface area (Å²) in [7, 11) is 0. The van der Waals surface area contributed by atoms with Crippen LogP contribution in [0.2, 0.25) is 0 Å². The Labute approximate surface area is 123 Å². The van der Waals surface area contributed by atoms with E-state index in [0.29, 0.717) is 0 Å². The molecule has 0 saturated carbocycles. The first-order chi connectivity index (χ1) is 8.08. The molecule has 0 aliphatic rings. The Morgan fingerprint density at radius 2 is 2.06 bits per heavy atom. The number of hydrogen-bond donors (Lipinski definition) is 1. The molecule has 0 amide bonds. The zero-order valence-electron chi connectivity index (χ0n) is 9.40. The first-order valence-electron chi connectivity index (χ1n) is 5.31. The van der Waals surface area contributed by atoms with E-state index in [1.54, 1.807) is 6.20 Å². The molecule has 1 atom stereocenters. The SMILES string of the molecule is CC(Cc1ccc(Br)cc1)n1ncc(I)c1N. The molecule has 0 aliphatic carbocycles. The summed E-state index contributed by atoms with van der Waals surface area (Å²) in [5, 5.41) is 4.30. The van der Waals surface area contributed by atoms with E-state index in [2.05, 4.69) is 74.8 Å². The molecule has 0 aliphatic heterocycles. The van der Waals surface area contributed by atoms with Crippen LogP contribution in [0.3, 0.4) is 0 Å². The molecule has 0 bridgehead atoms. The van der Waals surface area contributed by atoms with Crippen LogP contribution in [-0.4, -0.2) is 9.78 Å². The van der Waals surface area contributed by atoms with Gasteiger partial charge in [0.1, 0.15) is 5.82 Å². The van der Waals surface area contributed by atoms with Gasteiger partial charge in [-0.1, -0.05) is 28.1 Å². The van der Waals surface area contributed by atoms with Crippen molar-refractivity contribution in [2.24, 2.45) is 0 Å². The van der Waals surface area contributed by atoms with Crippen LogP contribution in [0.4, 0.5) is 5.82 Å². The molecular formula is C12H13BrIN3. The first kappa shape index (κ1) is 12.9. The smallest absolute Gasteiger partial charge is 0.135 e. The second-order valence-corrected chi connectivity index (χ2v) is 6.08. The molecule has 0 fully saturated rings. The maximum Gasteiger partial charge on any atom is 0.135 e. The number of halogens is 2. The molecule has 0 radical (unpaired) electrons. The Balaban J connectivity index is 2.14. The molecule has 0 saturated heterocycles. The monoisotopic (exact) mass is 405 g/mol. The van der Waals surface area contributed by atoms with E-state index in [1.807, 2.05) is 4.68 Å². The van der Waals surface area contributed by atoms with E-state index in [0.717, 1.165) is 20.3 Å². The number of aromatic nitrogens is 2. The lowest BCUT2D eigenvalue weighted by Gasteiger charge is -2.14. The summed E-state index contributed by atoms with van der Waals surface area (Å²) in [5.74, 6) is 0.746. The molecule has 1 aromatic heterocycles. The summed E-state index contributed by atoms with van der Waals surface area (Å²) in [5.41, 5.74) is 7.25. The maximum atomic E-state index is 5.97. The second-order valence-electron chi connectivity index (χ2n) is 4.00. The summed E-state index contributed by atoms with van der Waals surface area (Å²) < 4.78 is 3.98. The minimum atomic E-state index is 0.264. The van der Waals surface area contributed by atoms with E-state index in [4.69, 9.17) is 5.73 Å². The summed E-state index contributed by atoms with van der Waals surface area (Å²) >= 11 is 5.63. The van der Waals surface area contributed by atoms with Crippen molar-refractivity contribution >= 4 is 44.3 Å². The zero-order valence-corrected chi connectivity index (χ0v) is 13.1. The Morgan fingerprint density at radius 3 is 2.59 bits per heavy atom. The van der Waals surface area contributed by atoms with E-state index in [1.165, 1.54) is 5.56 Å². The Bertz CT molecular complexity index is 507. The maximum absolute atomic E-state index is 5.97. The van der Waals surface area contributed by atoms with Crippen LogP contribution in [0.5, 0.6) is 0 Å². The molecule has 3 nitrogen and oxygen atoms in total. The average molecular weight is 406 g/mol. The van der Waals surface area contributed by atoms with Crippen LogP contribution in [0.1, 0.15) is 18.5 Å². The predicted octanol–water partition coefficient (Wildman–Crippen LogP) is 3.64. The van der Waals surface area contributed by atoms with Gasteiger partial charge in [0.15, 0.2) is 0 Å². The van der Waals surface area contributed by atoms with Gasteiger partial charge in [0, 0.05) is 4.47 Å². The van der Waals surface area contributed by atoms with Crippen molar-refractivity contribution in [3.05, 3.63) is 44.1 Å². The van der Waals surface area contributed by atoms with Crippen LogP contribution in [0.15, 0.2) is 34.9 Å². The van der Waals surface area contributed by atoms with Gasteiger partial charge in [-0.3, -0.25) is 0 Å². The molecule has 90 valence electrons. The second kappa shape index (κ2) is 5.39. The molecule has 17 heavy (non-hydrogen) atoms. The minimum Gasteiger partial charge on any atom is -0.383 e. The highest BCUT2D eigenvalue weighted by atomic mass is 127. The van der Waals surface area contributed by atoms with Gasteiger partial charge >= 0.3 is 0 Å². The summed E-state index contributed by atoms with van der Waals surface area (Å²) in [6.45, 7) is 2.13. The predicted molar refractivity (Wildman–Crippen MR) is 81.9 cm³/mol. The first-order valence-corrected chi connectivity index (χ1v) is 7.18. The van der Waals surface area contributed by atoms with Crippen molar-refractivity contribution in [2.45, 2.75) is 19.4 Å². The molecule has 2 rings (SSSR count). The van der Waals surface area contributed by atoms with E-state index in [-0.39, 0.29) is 6.04 Å². The summed E-state index contributed by atoms with van der Waals surface area (Å²) in [6, 6.07) is 8.60. The largest absolute Gasteiger partial charge is 0.383 e. The fourth-order valence-corrected chi connectivity index (χ4v) is 2.39. The van der Waals surface area contributed by atoms with Crippen molar-refractivity contribution in [3.8, 4) is 0 Å². The lowest BCUT2D eigenvalue weighted by atomic mass is 10.1. The van der Waals surface area contributed by atoms with Gasteiger partial charge in [-0.2, -0.15) is 5.10 Å². The average Bonchev–Trinajstić information content (AvgIpc) is 2.63. The topological polar surface area (TPSA) is 43.8 Å². The molecular weight excluding hydrogens is 393 g/mol. The Morgan fingerprint density at radius 1 is 1.41 bits per heavy atom. The van der Waals surface area contributed by atoms with Crippen LogP contribution < -0.4 is 5.73 Å². The highest BCUT2D eigenvalue weighted by molar-refractivity contribution is 14.1. The molecule has 0 spiro atoms. The minimum absolute atomic E-state index is 0.264. The van der Waals surface area contributed by atoms with Crippen LogP contribution in [0.25, 0.3) is 0 Å². The molecule has 1 unspecified atom stereocenters. The summed E-state index contributed by atoms with van der Waals surface area (Å²) in [4.78, 5) is 0.